The van der Waals surface area contributed by atoms with Crippen molar-refractivity contribution in [1.82, 2.24) is 0 Å². The molecule has 19 heavy (non-hydrogen) atoms. The molecule has 0 radical (unpaired) electrons. The third-order valence-electron chi connectivity index (χ3n) is 3.96. The van der Waals surface area contributed by atoms with Gasteiger partial charge in [-0.15, -0.1) is 0 Å². The predicted octanol–water partition coefficient (Wildman–Crippen LogP) is 1.96. The van der Waals surface area contributed by atoms with E-state index < -0.39 is 0 Å². The lowest BCUT2D eigenvalue weighted by Gasteiger charge is -2.37. The van der Waals surface area contributed by atoms with Gasteiger partial charge in [-0.2, -0.15) is 0 Å². The van der Waals surface area contributed by atoms with Crippen molar-refractivity contribution in [1.29, 1.82) is 0 Å². The molecule has 0 aliphatic carbocycles. The van der Waals surface area contributed by atoms with Gasteiger partial charge in [0.15, 0.2) is 0 Å². The SMILES string of the molecule is COc1ccc(C(C)(CN)CC2COC2)c(OC)c1. The highest BCUT2D eigenvalue weighted by atomic mass is 16.5. The van der Waals surface area contributed by atoms with Crippen LogP contribution >= 0.6 is 0 Å². The van der Waals surface area contributed by atoms with Gasteiger partial charge in [-0.1, -0.05) is 13.0 Å². The molecule has 0 bridgehead atoms. The fourth-order valence-corrected chi connectivity index (χ4v) is 2.64. The quantitative estimate of drug-likeness (QED) is 0.854. The summed E-state index contributed by atoms with van der Waals surface area (Å²) in [6.45, 7) is 4.46. The minimum absolute atomic E-state index is 0.0912. The van der Waals surface area contributed by atoms with Crippen LogP contribution in [-0.4, -0.2) is 34.0 Å². The van der Waals surface area contributed by atoms with Crippen molar-refractivity contribution in [2.45, 2.75) is 18.8 Å². The van der Waals surface area contributed by atoms with Crippen LogP contribution in [0, 0.1) is 5.92 Å². The number of hydrogen-bond donors (Lipinski definition) is 1. The van der Waals surface area contributed by atoms with Crippen LogP contribution in [0.25, 0.3) is 0 Å². The highest BCUT2D eigenvalue weighted by molar-refractivity contribution is 5.45. The molecule has 1 aromatic carbocycles. The molecular weight excluding hydrogens is 242 g/mol. The largest absolute Gasteiger partial charge is 0.497 e. The van der Waals surface area contributed by atoms with Gasteiger partial charge in [-0.25, -0.2) is 0 Å². The zero-order valence-corrected chi connectivity index (χ0v) is 11.9. The molecular formula is C15H23NO3. The van der Waals surface area contributed by atoms with Gasteiger partial charge >= 0.3 is 0 Å². The van der Waals surface area contributed by atoms with Crippen LogP contribution < -0.4 is 15.2 Å². The molecule has 0 aromatic heterocycles. The first-order chi connectivity index (χ1) is 9.12. The lowest BCUT2D eigenvalue weighted by atomic mass is 9.74. The maximum absolute atomic E-state index is 6.03. The van der Waals surface area contributed by atoms with Crippen LogP contribution in [0.4, 0.5) is 0 Å². The second-order valence-corrected chi connectivity index (χ2v) is 5.44. The van der Waals surface area contributed by atoms with Crippen LogP contribution in [0.1, 0.15) is 18.9 Å². The minimum Gasteiger partial charge on any atom is -0.497 e. The van der Waals surface area contributed by atoms with Gasteiger partial charge in [0.2, 0.25) is 0 Å². The fraction of sp³-hybridized carbons (Fsp3) is 0.600. The Morgan fingerprint density at radius 3 is 2.53 bits per heavy atom. The van der Waals surface area contributed by atoms with E-state index in [4.69, 9.17) is 19.9 Å². The number of ether oxygens (including phenoxy) is 3. The maximum Gasteiger partial charge on any atom is 0.126 e. The predicted molar refractivity (Wildman–Crippen MR) is 74.9 cm³/mol. The molecule has 1 aliphatic rings. The third kappa shape index (κ3) is 2.85. The van der Waals surface area contributed by atoms with E-state index in [1.165, 1.54) is 0 Å². The van der Waals surface area contributed by atoms with Gasteiger partial charge in [0.1, 0.15) is 11.5 Å². The van der Waals surface area contributed by atoms with Gasteiger partial charge in [0.05, 0.1) is 27.4 Å². The van der Waals surface area contributed by atoms with Gasteiger partial charge in [0, 0.05) is 29.5 Å². The van der Waals surface area contributed by atoms with Crippen LogP contribution in [0.3, 0.4) is 0 Å². The topological polar surface area (TPSA) is 53.7 Å². The molecule has 4 nitrogen and oxygen atoms in total. The number of nitrogens with two attached hydrogens (primary N) is 1. The summed E-state index contributed by atoms with van der Waals surface area (Å²) in [4.78, 5) is 0. The molecule has 1 unspecified atom stereocenters. The Labute approximate surface area is 114 Å². The minimum atomic E-state index is -0.0912. The normalized spacial score (nSPS) is 18.5. The molecule has 106 valence electrons. The molecule has 0 spiro atoms. The summed E-state index contributed by atoms with van der Waals surface area (Å²) >= 11 is 0. The molecule has 1 aromatic rings. The summed E-state index contributed by atoms with van der Waals surface area (Å²) in [6.07, 6.45) is 1.02. The fourth-order valence-electron chi connectivity index (χ4n) is 2.64. The van der Waals surface area contributed by atoms with Gasteiger partial charge < -0.3 is 19.9 Å². The van der Waals surface area contributed by atoms with Gasteiger partial charge in [-0.3, -0.25) is 0 Å². The first-order valence-corrected chi connectivity index (χ1v) is 6.63. The van der Waals surface area contributed by atoms with Gasteiger partial charge in [-0.05, 0) is 12.5 Å². The molecule has 4 heteroatoms. The van der Waals surface area contributed by atoms with Crippen molar-refractivity contribution >= 4 is 0 Å². The average Bonchev–Trinajstić information content (AvgIpc) is 2.42. The van der Waals surface area contributed by atoms with Crippen molar-refractivity contribution in [3.63, 3.8) is 0 Å². The summed E-state index contributed by atoms with van der Waals surface area (Å²) in [6, 6.07) is 5.94. The lowest BCUT2D eigenvalue weighted by molar-refractivity contribution is -0.0442. The number of hydrogen-bond acceptors (Lipinski definition) is 4. The lowest BCUT2D eigenvalue weighted by Crippen LogP contribution is -2.40. The molecule has 0 amide bonds. The Morgan fingerprint density at radius 2 is 2.05 bits per heavy atom. The first-order valence-electron chi connectivity index (χ1n) is 6.63. The van der Waals surface area contributed by atoms with Crippen molar-refractivity contribution in [2.24, 2.45) is 11.7 Å². The summed E-state index contributed by atoms with van der Waals surface area (Å²) < 4.78 is 16.0. The van der Waals surface area contributed by atoms with Crippen molar-refractivity contribution in [2.75, 3.05) is 34.0 Å². The average molecular weight is 265 g/mol. The van der Waals surface area contributed by atoms with E-state index in [0.717, 1.165) is 36.7 Å². The zero-order valence-electron chi connectivity index (χ0n) is 11.9. The Hall–Kier alpha value is -1.26. The highest BCUT2D eigenvalue weighted by Gasteiger charge is 2.34. The number of benzene rings is 1. The maximum atomic E-state index is 6.03. The van der Waals surface area contributed by atoms with Crippen LogP contribution in [0.2, 0.25) is 0 Å². The highest BCUT2D eigenvalue weighted by Crippen LogP contribution is 2.39. The van der Waals surface area contributed by atoms with Crippen molar-refractivity contribution in [3.05, 3.63) is 23.8 Å². The van der Waals surface area contributed by atoms with E-state index in [9.17, 15) is 0 Å². The molecule has 0 saturated carbocycles. The Morgan fingerprint density at radius 1 is 1.32 bits per heavy atom. The summed E-state index contributed by atoms with van der Waals surface area (Å²) in [7, 11) is 3.34. The van der Waals surface area contributed by atoms with Crippen molar-refractivity contribution < 1.29 is 14.2 Å². The molecule has 1 saturated heterocycles. The first kappa shape index (κ1) is 14.2. The summed E-state index contributed by atoms with van der Waals surface area (Å²) in [5.74, 6) is 2.24. The van der Waals surface area contributed by atoms with E-state index in [1.54, 1.807) is 14.2 Å². The van der Waals surface area contributed by atoms with Crippen LogP contribution in [0.15, 0.2) is 18.2 Å². The van der Waals surface area contributed by atoms with E-state index in [0.29, 0.717) is 12.5 Å². The molecule has 2 N–H and O–H groups in total. The monoisotopic (exact) mass is 265 g/mol. The molecule has 1 atom stereocenters. The van der Waals surface area contributed by atoms with Crippen molar-refractivity contribution in [3.8, 4) is 11.5 Å². The second kappa shape index (κ2) is 5.80. The molecule has 1 fully saturated rings. The molecule has 2 rings (SSSR count). The number of methoxy groups -OCH3 is 2. The van der Waals surface area contributed by atoms with E-state index in [1.807, 2.05) is 12.1 Å². The second-order valence-electron chi connectivity index (χ2n) is 5.44. The zero-order chi connectivity index (χ0) is 13.9. The standard InChI is InChI=1S/C15H23NO3/c1-15(10-16,7-11-8-19-9-11)13-5-4-12(17-2)6-14(13)18-3/h4-6,11H,7-10,16H2,1-3H3. The Bertz CT molecular complexity index is 431. The number of rotatable bonds is 6. The van der Waals surface area contributed by atoms with Gasteiger partial charge in [0.25, 0.3) is 0 Å². The Balaban J connectivity index is 2.30. The summed E-state index contributed by atoms with van der Waals surface area (Å²) in [5.41, 5.74) is 7.09. The summed E-state index contributed by atoms with van der Waals surface area (Å²) in [5, 5.41) is 0. The Kier molecular flexibility index (Phi) is 4.32. The van der Waals surface area contributed by atoms with Crippen LogP contribution in [-0.2, 0) is 10.2 Å². The molecule has 1 heterocycles. The molecule has 1 aliphatic heterocycles. The van der Waals surface area contributed by atoms with E-state index in [2.05, 4.69) is 13.0 Å². The van der Waals surface area contributed by atoms with E-state index >= 15 is 0 Å². The van der Waals surface area contributed by atoms with Crippen LogP contribution in [0.5, 0.6) is 11.5 Å². The smallest absolute Gasteiger partial charge is 0.126 e. The third-order valence-corrected chi connectivity index (χ3v) is 3.96. The van der Waals surface area contributed by atoms with E-state index in [-0.39, 0.29) is 5.41 Å².